The van der Waals surface area contributed by atoms with E-state index in [0.717, 1.165) is 5.82 Å². The van der Waals surface area contributed by atoms with Gasteiger partial charge in [0.2, 0.25) is 0 Å². The third-order valence-electron chi connectivity index (χ3n) is 2.09. The SMILES string of the molecule is CCOC(=O)c1csc(NCCc2ncn[nH]2)n1. The summed E-state index contributed by atoms with van der Waals surface area (Å²) >= 11 is 1.37. The Bertz CT molecular complexity index is 496. The maximum absolute atomic E-state index is 11.4. The Hall–Kier alpha value is -1.96. The van der Waals surface area contributed by atoms with Gasteiger partial charge in [-0.15, -0.1) is 11.3 Å². The van der Waals surface area contributed by atoms with E-state index in [1.807, 2.05) is 0 Å². The van der Waals surface area contributed by atoms with Crippen LogP contribution in [0, 0.1) is 0 Å². The fourth-order valence-corrected chi connectivity index (χ4v) is 2.00. The van der Waals surface area contributed by atoms with Crippen LogP contribution in [0.1, 0.15) is 23.2 Å². The maximum Gasteiger partial charge on any atom is 0.357 e. The zero-order valence-corrected chi connectivity index (χ0v) is 10.7. The van der Waals surface area contributed by atoms with E-state index in [9.17, 15) is 4.79 Å². The molecule has 0 aromatic carbocycles. The van der Waals surface area contributed by atoms with Crippen LogP contribution in [0.2, 0.25) is 0 Å². The van der Waals surface area contributed by atoms with Crippen molar-refractivity contribution in [2.45, 2.75) is 13.3 Å². The molecule has 0 unspecified atom stereocenters. The van der Waals surface area contributed by atoms with Crippen molar-refractivity contribution in [3.8, 4) is 0 Å². The van der Waals surface area contributed by atoms with Crippen LogP contribution in [0.5, 0.6) is 0 Å². The van der Waals surface area contributed by atoms with E-state index in [4.69, 9.17) is 4.74 Å². The number of ether oxygens (including phenoxy) is 1. The molecule has 2 aromatic rings. The largest absolute Gasteiger partial charge is 0.461 e. The Labute approximate surface area is 108 Å². The fraction of sp³-hybridized carbons (Fsp3) is 0.400. The summed E-state index contributed by atoms with van der Waals surface area (Å²) in [5.41, 5.74) is 0.337. The van der Waals surface area contributed by atoms with Crippen LogP contribution in [-0.4, -0.2) is 39.3 Å². The van der Waals surface area contributed by atoms with Gasteiger partial charge in [0.1, 0.15) is 12.2 Å². The van der Waals surface area contributed by atoms with Crippen LogP contribution in [0.25, 0.3) is 0 Å². The molecule has 18 heavy (non-hydrogen) atoms. The number of rotatable bonds is 6. The summed E-state index contributed by atoms with van der Waals surface area (Å²) in [6, 6.07) is 0. The van der Waals surface area contributed by atoms with Crippen molar-refractivity contribution >= 4 is 22.4 Å². The first-order chi connectivity index (χ1) is 8.79. The lowest BCUT2D eigenvalue weighted by molar-refractivity contribution is 0.0520. The predicted molar refractivity (Wildman–Crippen MR) is 66.6 cm³/mol. The topological polar surface area (TPSA) is 92.8 Å². The summed E-state index contributed by atoms with van der Waals surface area (Å²) in [7, 11) is 0. The molecule has 96 valence electrons. The number of carbonyl (C=O) groups excluding carboxylic acids is 1. The zero-order valence-electron chi connectivity index (χ0n) is 9.84. The van der Waals surface area contributed by atoms with Crippen LogP contribution >= 0.6 is 11.3 Å². The molecule has 0 aliphatic heterocycles. The van der Waals surface area contributed by atoms with Gasteiger partial charge in [0, 0.05) is 18.3 Å². The molecule has 2 heterocycles. The minimum atomic E-state index is -0.392. The Balaban J connectivity index is 1.81. The second kappa shape index (κ2) is 6.10. The Morgan fingerprint density at radius 3 is 3.22 bits per heavy atom. The second-order valence-corrected chi connectivity index (χ2v) is 4.23. The summed E-state index contributed by atoms with van der Waals surface area (Å²) in [5.74, 6) is 0.418. The van der Waals surface area contributed by atoms with Gasteiger partial charge in [-0.25, -0.2) is 14.8 Å². The van der Waals surface area contributed by atoms with Crippen LogP contribution in [-0.2, 0) is 11.2 Å². The molecule has 0 aliphatic rings. The number of aromatic nitrogens is 4. The van der Waals surface area contributed by atoms with E-state index in [1.54, 1.807) is 12.3 Å². The van der Waals surface area contributed by atoms with E-state index >= 15 is 0 Å². The highest BCUT2D eigenvalue weighted by molar-refractivity contribution is 7.13. The highest BCUT2D eigenvalue weighted by Crippen LogP contribution is 2.15. The van der Waals surface area contributed by atoms with Gasteiger partial charge >= 0.3 is 5.97 Å². The summed E-state index contributed by atoms with van der Waals surface area (Å²) in [4.78, 5) is 19.5. The lowest BCUT2D eigenvalue weighted by atomic mass is 10.4. The molecule has 7 nitrogen and oxygen atoms in total. The van der Waals surface area contributed by atoms with Crippen LogP contribution in [0.3, 0.4) is 0 Å². The summed E-state index contributed by atoms with van der Waals surface area (Å²) in [6.45, 7) is 2.79. The standard InChI is InChI=1S/C10H13N5O2S/c1-2-17-9(16)7-5-18-10(14-7)11-4-3-8-12-6-13-15-8/h5-6H,2-4H2,1H3,(H,11,14)(H,12,13,15). The molecule has 8 heteroatoms. The van der Waals surface area contributed by atoms with Crippen LogP contribution < -0.4 is 5.32 Å². The quantitative estimate of drug-likeness (QED) is 0.761. The molecule has 2 rings (SSSR count). The number of nitrogens with zero attached hydrogens (tertiary/aromatic N) is 3. The molecule has 0 atom stereocenters. The monoisotopic (exact) mass is 267 g/mol. The fourth-order valence-electron chi connectivity index (χ4n) is 1.29. The molecule has 0 amide bonds. The molecular weight excluding hydrogens is 254 g/mol. The number of hydrogen-bond acceptors (Lipinski definition) is 7. The van der Waals surface area contributed by atoms with Gasteiger partial charge in [-0.1, -0.05) is 0 Å². The predicted octanol–water partition coefficient (Wildman–Crippen LogP) is 1.09. The van der Waals surface area contributed by atoms with Crippen LogP contribution in [0.15, 0.2) is 11.7 Å². The smallest absolute Gasteiger partial charge is 0.357 e. The normalized spacial score (nSPS) is 10.3. The molecule has 0 radical (unpaired) electrons. The van der Waals surface area contributed by atoms with Crippen molar-refractivity contribution in [2.75, 3.05) is 18.5 Å². The Morgan fingerprint density at radius 2 is 2.50 bits per heavy atom. The molecule has 0 spiro atoms. The first-order valence-corrected chi connectivity index (χ1v) is 6.38. The Morgan fingerprint density at radius 1 is 1.61 bits per heavy atom. The molecule has 0 fully saturated rings. The number of H-pyrrole nitrogens is 1. The Kier molecular flexibility index (Phi) is 4.24. The van der Waals surface area contributed by atoms with E-state index in [-0.39, 0.29) is 0 Å². The lowest BCUT2D eigenvalue weighted by Gasteiger charge is -1.99. The molecule has 2 aromatic heterocycles. The number of aromatic amines is 1. The van der Waals surface area contributed by atoms with E-state index in [2.05, 4.69) is 25.5 Å². The van der Waals surface area contributed by atoms with E-state index in [0.29, 0.717) is 30.4 Å². The van der Waals surface area contributed by atoms with Crippen molar-refractivity contribution in [2.24, 2.45) is 0 Å². The lowest BCUT2D eigenvalue weighted by Crippen LogP contribution is -2.08. The minimum absolute atomic E-state index is 0.337. The average Bonchev–Trinajstić information content (AvgIpc) is 3.00. The summed E-state index contributed by atoms with van der Waals surface area (Å²) in [6.07, 6.45) is 2.19. The maximum atomic E-state index is 11.4. The number of carbonyl (C=O) groups is 1. The summed E-state index contributed by atoms with van der Waals surface area (Å²) in [5, 5.41) is 12.0. The van der Waals surface area contributed by atoms with E-state index in [1.165, 1.54) is 17.7 Å². The van der Waals surface area contributed by atoms with Gasteiger partial charge in [0.15, 0.2) is 10.8 Å². The molecule has 0 saturated heterocycles. The molecule has 0 saturated carbocycles. The molecular formula is C10H13N5O2S. The van der Waals surface area contributed by atoms with Crippen molar-refractivity contribution in [3.63, 3.8) is 0 Å². The summed E-state index contributed by atoms with van der Waals surface area (Å²) < 4.78 is 4.86. The van der Waals surface area contributed by atoms with Crippen molar-refractivity contribution in [3.05, 3.63) is 23.2 Å². The number of thiazole rings is 1. The molecule has 0 aliphatic carbocycles. The third kappa shape index (κ3) is 3.27. The molecule has 2 N–H and O–H groups in total. The first kappa shape index (κ1) is 12.5. The zero-order chi connectivity index (χ0) is 12.8. The highest BCUT2D eigenvalue weighted by Gasteiger charge is 2.11. The second-order valence-electron chi connectivity index (χ2n) is 3.37. The van der Waals surface area contributed by atoms with Crippen LogP contribution in [0.4, 0.5) is 5.13 Å². The van der Waals surface area contributed by atoms with Crippen molar-refractivity contribution in [1.29, 1.82) is 0 Å². The minimum Gasteiger partial charge on any atom is -0.461 e. The van der Waals surface area contributed by atoms with Crippen molar-refractivity contribution in [1.82, 2.24) is 20.2 Å². The van der Waals surface area contributed by atoms with Gasteiger partial charge in [0.05, 0.1) is 6.61 Å². The van der Waals surface area contributed by atoms with Gasteiger partial charge in [-0.05, 0) is 6.92 Å². The average molecular weight is 267 g/mol. The number of nitrogens with one attached hydrogen (secondary N) is 2. The third-order valence-corrected chi connectivity index (χ3v) is 2.89. The number of anilines is 1. The van der Waals surface area contributed by atoms with Crippen molar-refractivity contribution < 1.29 is 9.53 Å². The highest BCUT2D eigenvalue weighted by atomic mass is 32.1. The first-order valence-electron chi connectivity index (χ1n) is 5.50. The van der Waals surface area contributed by atoms with Gasteiger partial charge in [0.25, 0.3) is 0 Å². The van der Waals surface area contributed by atoms with E-state index < -0.39 is 5.97 Å². The van der Waals surface area contributed by atoms with Gasteiger partial charge in [-0.2, -0.15) is 5.10 Å². The number of hydrogen-bond donors (Lipinski definition) is 2. The van der Waals surface area contributed by atoms with Gasteiger partial charge < -0.3 is 10.1 Å². The number of esters is 1. The molecule has 0 bridgehead atoms. The van der Waals surface area contributed by atoms with Gasteiger partial charge in [-0.3, -0.25) is 5.10 Å².